The highest BCUT2D eigenvalue weighted by molar-refractivity contribution is 7.92. The van der Waals surface area contributed by atoms with E-state index in [0.717, 1.165) is 18.4 Å². The third-order valence-electron chi connectivity index (χ3n) is 3.60. The van der Waals surface area contributed by atoms with Crippen molar-refractivity contribution in [3.63, 3.8) is 0 Å². The number of hydrogen-bond acceptors (Lipinski definition) is 5. The number of carbonyl (C=O) groups excluding carboxylic acids is 1. The lowest BCUT2D eigenvalue weighted by molar-refractivity contribution is -0.140. The summed E-state index contributed by atoms with van der Waals surface area (Å²) >= 11 is 12.1. The number of sulfonamides is 1. The van der Waals surface area contributed by atoms with Gasteiger partial charge in [0.05, 0.1) is 21.9 Å². The average molecular weight is 515 g/mol. The van der Waals surface area contributed by atoms with E-state index in [9.17, 15) is 31.2 Å². The van der Waals surface area contributed by atoms with Crippen molar-refractivity contribution >= 4 is 56.5 Å². The molecule has 174 valence electrons. The van der Waals surface area contributed by atoms with Crippen molar-refractivity contribution in [3.05, 3.63) is 51.5 Å². The molecule has 0 aliphatic carbocycles. The second-order valence-electron chi connectivity index (χ2n) is 6.47. The summed E-state index contributed by atoms with van der Waals surface area (Å²) in [5, 5.41) is 10.7. The molecular formula is C18H15Cl2F3N2O6S. The molecule has 0 fully saturated rings. The molecule has 32 heavy (non-hydrogen) atoms. The van der Waals surface area contributed by atoms with Crippen LogP contribution in [0.2, 0.25) is 10.0 Å². The van der Waals surface area contributed by atoms with E-state index in [1.165, 1.54) is 12.1 Å². The van der Waals surface area contributed by atoms with Gasteiger partial charge in [0.1, 0.15) is 13.0 Å². The summed E-state index contributed by atoms with van der Waals surface area (Å²) in [4.78, 5) is 22.1. The van der Waals surface area contributed by atoms with Crippen molar-refractivity contribution in [2.45, 2.75) is 19.2 Å². The van der Waals surface area contributed by atoms with E-state index in [-0.39, 0.29) is 32.7 Å². The maximum atomic E-state index is 13.2. The van der Waals surface area contributed by atoms with Gasteiger partial charge in [-0.15, -0.1) is 0 Å². The first-order chi connectivity index (χ1) is 14.6. The van der Waals surface area contributed by atoms with Crippen LogP contribution in [0.25, 0.3) is 0 Å². The van der Waals surface area contributed by atoms with Crippen molar-refractivity contribution in [2.75, 3.05) is 16.3 Å². The van der Waals surface area contributed by atoms with Crippen LogP contribution in [0.4, 0.5) is 24.5 Å². The topological polar surface area (TPSA) is 122 Å². The standard InChI is InChI=1S/C18H15Cl2F3N2O6S/c1-32(29,30)25-12-3-9(2-10(4-12)18(21,22)23)8-31-17-13(19)5-11(6-14(17)20)24-15(26)7-16(27)28/h2-6,25H,7-8H2,1H3,(H,24,26)(H,27,28). The number of carboxylic acids is 1. The number of halogens is 5. The van der Waals surface area contributed by atoms with E-state index in [0.29, 0.717) is 6.07 Å². The monoisotopic (exact) mass is 514 g/mol. The number of carbonyl (C=O) groups is 2. The first kappa shape index (κ1) is 25.6. The Kier molecular flexibility index (Phi) is 7.86. The Morgan fingerprint density at radius 3 is 2.16 bits per heavy atom. The van der Waals surface area contributed by atoms with Gasteiger partial charge in [0.15, 0.2) is 5.75 Å². The number of benzene rings is 2. The molecular weight excluding hydrogens is 500 g/mol. The molecule has 0 radical (unpaired) electrons. The van der Waals surface area contributed by atoms with E-state index < -0.39 is 46.7 Å². The molecule has 2 aromatic carbocycles. The van der Waals surface area contributed by atoms with Gasteiger partial charge in [-0.05, 0) is 35.9 Å². The number of carboxylic acid groups (broad SMARTS) is 1. The van der Waals surface area contributed by atoms with Gasteiger partial charge in [-0.3, -0.25) is 14.3 Å². The van der Waals surface area contributed by atoms with Crippen LogP contribution in [0.15, 0.2) is 30.3 Å². The highest BCUT2D eigenvalue weighted by Gasteiger charge is 2.31. The Balaban J connectivity index is 2.26. The van der Waals surface area contributed by atoms with E-state index in [4.69, 9.17) is 33.0 Å². The summed E-state index contributed by atoms with van der Waals surface area (Å²) in [6, 6.07) is 4.99. The van der Waals surface area contributed by atoms with Crippen molar-refractivity contribution in [1.29, 1.82) is 0 Å². The van der Waals surface area contributed by atoms with Gasteiger partial charge in [0.25, 0.3) is 0 Å². The molecule has 0 atom stereocenters. The lowest BCUT2D eigenvalue weighted by atomic mass is 10.1. The SMILES string of the molecule is CS(=O)(=O)Nc1cc(COc2c(Cl)cc(NC(=O)CC(=O)O)cc2Cl)cc(C(F)(F)F)c1. The molecule has 0 aliphatic heterocycles. The fraction of sp³-hybridized carbons (Fsp3) is 0.222. The zero-order chi connectivity index (χ0) is 24.3. The molecule has 8 nitrogen and oxygen atoms in total. The fourth-order valence-corrected chi connectivity index (χ4v) is 3.62. The molecule has 0 aliphatic rings. The van der Waals surface area contributed by atoms with Crippen LogP contribution in [0.1, 0.15) is 17.5 Å². The summed E-state index contributed by atoms with van der Waals surface area (Å²) in [5.74, 6) is -2.28. The third kappa shape index (κ3) is 7.77. The number of amides is 1. The number of alkyl halides is 3. The molecule has 0 spiro atoms. The highest BCUT2D eigenvalue weighted by atomic mass is 35.5. The van der Waals surface area contributed by atoms with Crippen molar-refractivity contribution in [3.8, 4) is 5.75 Å². The zero-order valence-electron chi connectivity index (χ0n) is 16.1. The largest absolute Gasteiger partial charge is 0.486 e. The van der Waals surface area contributed by atoms with Gasteiger partial charge in [-0.25, -0.2) is 8.42 Å². The minimum atomic E-state index is -4.74. The Bertz CT molecular complexity index is 1130. The Morgan fingerprint density at radius 1 is 1.06 bits per heavy atom. The van der Waals surface area contributed by atoms with Crippen molar-refractivity contribution in [1.82, 2.24) is 0 Å². The lowest BCUT2D eigenvalue weighted by Crippen LogP contribution is -2.16. The van der Waals surface area contributed by atoms with Crippen LogP contribution in [-0.4, -0.2) is 31.7 Å². The minimum absolute atomic E-state index is 0.0306. The lowest BCUT2D eigenvalue weighted by Gasteiger charge is -2.15. The molecule has 3 N–H and O–H groups in total. The predicted molar refractivity (Wildman–Crippen MR) is 112 cm³/mol. The van der Waals surface area contributed by atoms with Crippen LogP contribution in [0.3, 0.4) is 0 Å². The van der Waals surface area contributed by atoms with Gasteiger partial charge in [-0.2, -0.15) is 13.2 Å². The molecule has 0 unspecified atom stereocenters. The number of rotatable bonds is 8. The quantitative estimate of drug-likeness (QED) is 0.449. The van der Waals surface area contributed by atoms with Gasteiger partial charge in [-0.1, -0.05) is 23.2 Å². The van der Waals surface area contributed by atoms with Crippen LogP contribution in [0.5, 0.6) is 5.75 Å². The molecule has 1 amide bonds. The highest BCUT2D eigenvalue weighted by Crippen LogP contribution is 2.37. The molecule has 0 aromatic heterocycles. The first-order valence-electron chi connectivity index (χ1n) is 8.46. The molecule has 0 heterocycles. The summed E-state index contributed by atoms with van der Waals surface area (Å²) in [7, 11) is -3.83. The van der Waals surface area contributed by atoms with Crippen molar-refractivity contribution < 1.29 is 41.0 Å². The summed E-state index contributed by atoms with van der Waals surface area (Å²) in [6.07, 6.45) is -4.73. The fourth-order valence-electron chi connectivity index (χ4n) is 2.48. The Hall–Kier alpha value is -2.70. The molecule has 0 saturated carbocycles. The first-order valence-corrected chi connectivity index (χ1v) is 11.1. The second kappa shape index (κ2) is 9.84. The van der Waals surface area contributed by atoms with Crippen molar-refractivity contribution in [2.24, 2.45) is 0 Å². The number of aliphatic carboxylic acids is 1. The van der Waals surface area contributed by atoms with Crippen LogP contribution in [0, 0.1) is 0 Å². The minimum Gasteiger partial charge on any atom is -0.486 e. The maximum absolute atomic E-state index is 13.2. The number of anilines is 2. The van der Waals surface area contributed by atoms with Gasteiger partial charge in [0.2, 0.25) is 15.9 Å². The van der Waals surface area contributed by atoms with E-state index >= 15 is 0 Å². The van der Waals surface area contributed by atoms with Gasteiger partial charge < -0.3 is 15.2 Å². The molecule has 2 aromatic rings. The summed E-state index contributed by atoms with van der Waals surface area (Å²) < 4.78 is 69.7. The maximum Gasteiger partial charge on any atom is 0.416 e. The smallest absolute Gasteiger partial charge is 0.416 e. The summed E-state index contributed by atoms with van der Waals surface area (Å²) in [5.41, 5.74) is -1.36. The Morgan fingerprint density at radius 2 is 1.66 bits per heavy atom. The molecule has 14 heteroatoms. The average Bonchev–Trinajstić information content (AvgIpc) is 2.57. The van der Waals surface area contributed by atoms with E-state index in [1.807, 2.05) is 4.72 Å². The molecule has 0 saturated heterocycles. The number of nitrogens with one attached hydrogen (secondary N) is 2. The predicted octanol–water partition coefficient (Wildman–Crippen LogP) is 4.38. The Labute approximate surface area is 190 Å². The van der Waals surface area contributed by atoms with E-state index in [2.05, 4.69) is 5.32 Å². The van der Waals surface area contributed by atoms with Crippen LogP contribution >= 0.6 is 23.2 Å². The number of ether oxygens (including phenoxy) is 1. The van der Waals surface area contributed by atoms with Crippen LogP contribution < -0.4 is 14.8 Å². The van der Waals surface area contributed by atoms with E-state index in [1.54, 1.807) is 0 Å². The van der Waals surface area contributed by atoms with Gasteiger partial charge in [0, 0.05) is 11.4 Å². The second-order valence-corrected chi connectivity index (χ2v) is 9.03. The normalized spacial score (nSPS) is 11.7. The summed E-state index contributed by atoms with van der Waals surface area (Å²) in [6.45, 7) is -0.452. The zero-order valence-corrected chi connectivity index (χ0v) is 18.4. The molecule has 2 rings (SSSR count). The van der Waals surface area contributed by atoms with Crippen LogP contribution in [-0.2, 0) is 32.4 Å². The third-order valence-corrected chi connectivity index (χ3v) is 4.77. The molecule has 0 bridgehead atoms. The number of hydrogen-bond donors (Lipinski definition) is 3. The van der Waals surface area contributed by atoms with Gasteiger partial charge >= 0.3 is 12.1 Å².